The number of aliphatic imine (C=N–C) groups is 1. The van der Waals surface area contributed by atoms with Gasteiger partial charge in [0, 0.05) is 18.7 Å². The molecule has 0 amide bonds. The molecule has 0 aromatic heterocycles. The molecule has 0 aliphatic heterocycles. The Morgan fingerprint density at radius 1 is 1.12 bits per heavy atom. The fourth-order valence-electron chi connectivity index (χ4n) is 2.45. The molecule has 2 aromatic rings. The van der Waals surface area contributed by atoms with Crippen molar-refractivity contribution in [2.75, 3.05) is 27.9 Å². The zero-order valence-corrected chi connectivity index (χ0v) is 15.9. The van der Waals surface area contributed by atoms with Gasteiger partial charge in [0.1, 0.15) is 0 Å². The molecule has 0 radical (unpaired) electrons. The van der Waals surface area contributed by atoms with Crippen LogP contribution in [0.15, 0.2) is 47.5 Å². The molecule has 0 aliphatic carbocycles. The number of rotatable bonds is 8. The second-order valence-corrected chi connectivity index (χ2v) is 5.99. The Bertz CT molecular complexity index is 753. The Balaban J connectivity index is 1.95. The summed E-state index contributed by atoms with van der Waals surface area (Å²) in [4.78, 5) is 4.35. The largest absolute Gasteiger partial charge is 0.493 e. The van der Waals surface area contributed by atoms with Crippen molar-refractivity contribution in [3.63, 3.8) is 0 Å². The van der Waals surface area contributed by atoms with E-state index in [0.717, 1.165) is 11.1 Å². The quantitative estimate of drug-likeness (QED) is 0.545. The summed E-state index contributed by atoms with van der Waals surface area (Å²) >= 11 is 6.03. The fourth-order valence-corrected chi connectivity index (χ4v) is 2.65. The summed E-state index contributed by atoms with van der Waals surface area (Å²) in [5, 5.41) is 3.74. The first-order chi connectivity index (χ1) is 12.6. The highest BCUT2D eigenvalue weighted by Crippen LogP contribution is 2.27. The van der Waals surface area contributed by atoms with E-state index in [2.05, 4.69) is 10.3 Å². The third kappa shape index (κ3) is 5.54. The predicted molar refractivity (Wildman–Crippen MR) is 104 cm³/mol. The Kier molecular flexibility index (Phi) is 7.56. The first kappa shape index (κ1) is 19.9. The molecule has 0 spiro atoms. The second-order valence-electron chi connectivity index (χ2n) is 5.55. The van der Waals surface area contributed by atoms with Gasteiger partial charge in [-0.2, -0.15) is 0 Å². The van der Waals surface area contributed by atoms with Crippen molar-refractivity contribution < 1.29 is 14.2 Å². The first-order valence-electron chi connectivity index (χ1n) is 8.10. The van der Waals surface area contributed by atoms with Crippen LogP contribution in [0.5, 0.6) is 11.5 Å². The summed E-state index contributed by atoms with van der Waals surface area (Å²) < 4.78 is 16.0. The maximum Gasteiger partial charge on any atom is 0.189 e. The Labute approximate surface area is 158 Å². The van der Waals surface area contributed by atoms with Gasteiger partial charge in [-0.25, -0.2) is 4.99 Å². The number of guanidine groups is 1. The van der Waals surface area contributed by atoms with Crippen LogP contribution in [0.1, 0.15) is 17.2 Å². The van der Waals surface area contributed by atoms with Gasteiger partial charge < -0.3 is 25.3 Å². The van der Waals surface area contributed by atoms with Crippen LogP contribution in [-0.2, 0) is 11.3 Å². The molecule has 0 saturated heterocycles. The van der Waals surface area contributed by atoms with Crippen molar-refractivity contribution in [3.05, 3.63) is 58.6 Å². The Hall–Kier alpha value is -2.44. The third-order valence-electron chi connectivity index (χ3n) is 3.85. The third-order valence-corrected chi connectivity index (χ3v) is 4.09. The van der Waals surface area contributed by atoms with Gasteiger partial charge in [-0.3, -0.25) is 0 Å². The van der Waals surface area contributed by atoms with E-state index in [1.165, 1.54) is 0 Å². The molecule has 140 valence electrons. The minimum absolute atomic E-state index is 0.177. The summed E-state index contributed by atoms with van der Waals surface area (Å²) in [5.41, 5.74) is 7.90. The molecule has 2 aromatic carbocycles. The number of hydrogen-bond donors (Lipinski definition) is 2. The SMILES string of the molecule is COc1ccc(CN=C(N)NCC(OC)c2cccc(Cl)c2)cc1OC. The van der Waals surface area contributed by atoms with Gasteiger partial charge in [0.05, 0.1) is 26.9 Å². The zero-order valence-electron chi connectivity index (χ0n) is 15.2. The molecule has 3 N–H and O–H groups in total. The highest BCUT2D eigenvalue weighted by atomic mass is 35.5. The molecule has 7 heteroatoms. The van der Waals surface area contributed by atoms with E-state index in [-0.39, 0.29) is 6.10 Å². The molecule has 1 unspecified atom stereocenters. The van der Waals surface area contributed by atoms with E-state index in [9.17, 15) is 0 Å². The van der Waals surface area contributed by atoms with Gasteiger partial charge in [0.25, 0.3) is 0 Å². The Morgan fingerprint density at radius 2 is 1.88 bits per heavy atom. The number of methoxy groups -OCH3 is 3. The molecular formula is C19H24ClN3O3. The summed E-state index contributed by atoms with van der Waals surface area (Å²) in [5.74, 6) is 1.67. The monoisotopic (exact) mass is 377 g/mol. The lowest BCUT2D eigenvalue weighted by atomic mass is 10.1. The highest BCUT2D eigenvalue weighted by Gasteiger charge is 2.11. The van der Waals surface area contributed by atoms with Crippen molar-refractivity contribution in [2.24, 2.45) is 10.7 Å². The average Bonchev–Trinajstić information content (AvgIpc) is 2.66. The van der Waals surface area contributed by atoms with E-state index in [1.807, 2.05) is 42.5 Å². The van der Waals surface area contributed by atoms with E-state index in [0.29, 0.717) is 35.6 Å². The number of nitrogens with two attached hydrogens (primary N) is 1. The van der Waals surface area contributed by atoms with Crippen molar-refractivity contribution in [1.29, 1.82) is 0 Å². The second kappa shape index (κ2) is 9.89. The number of halogens is 1. The van der Waals surface area contributed by atoms with E-state index in [1.54, 1.807) is 21.3 Å². The van der Waals surface area contributed by atoms with Crippen LogP contribution in [0.4, 0.5) is 0 Å². The average molecular weight is 378 g/mol. The van der Waals surface area contributed by atoms with Crippen molar-refractivity contribution in [3.8, 4) is 11.5 Å². The summed E-state index contributed by atoms with van der Waals surface area (Å²) in [7, 11) is 4.84. The van der Waals surface area contributed by atoms with Crippen molar-refractivity contribution >= 4 is 17.6 Å². The van der Waals surface area contributed by atoms with E-state index in [4.69, 9.17) is 31.5 Å². The lowest BCUT2D eigenvalue weighted by Gasteiger charge is -2.17. The molecule has 0 aliphatic rings. The summed E-state index contributed by atoms with van der Waals surface area (Å²) in [6.07, 6.45) is -0.177. The summed E-state index contributed by atoms with van der Waals surface area (Å²) in [6.45, 7) is 0.909. The van der Waals surface area contributed by atoms with Crippen LogP contribution in [0.25, 0.3) is 0 Å². The normalized spacial score (nSPS) is 12.5. The van der Waals surface area contributed by atoms with Gasteiger partial charge in [-0.05, 0) is 35.4 Å². The molecule has 1 atom stereocenters. The standard InChI is InChI=1S/C19H24ClN3O3/c1-24-16-8-7-13(9-17(16)25-2)11-22-19(21)23-12-18(26-3)14-5-4-6-15(20)10-14/h4-10,18H,11-12H2,1-3H3,(H3,21,22,23). The van der Waals surface area contributed by atoms with Crippen LogP contribution in [0, 0.1) is 0 Å². The number of nitrogens with zero attached hydrogens (tertiary/aromatic N) is 1. The maximum atomic E-state index is 6.03. The molecule has 6 nitrogen and oxygen atoms in total. The molecule has 2 rings (SSSR count). The fraction of sp³-hybridized carbons (Fsp3) is 0.316. The minimum Gasteiger partial charge on any atom is -0.493 e. The van der Waals surface area contributed by atoms with Crippen LogP contribution >= 0.6 is 11.6 Å². The number of nitrogens with one attached hydrogen (secondary N) is 1. The molecule has 0 bridgehead atoms. The lowest BCUT2D eigenvalue weighted by Crippen LogP contribution is -2.35. The van der Waals surface area contributed by atoms with Crippen molar-refractivity contribution in [2.45, 2.75) is 12.6 Å². The van der Waals surface area contributed by atoms with Crippen molar-refractivity contribution in [1.82, 2.24) is 5.32 Å². The molecular weight excluding hydrogens is 354 g/mol. The maximum absolute atomic E-state index is 6.03. The smallest absolute Gasteiger partial charge is 0.189 e. The predicted octanol–water partition coefficient (Wildman–Crippen LogP) is 3.15. The van der Waals surface area contributed by atoms with Gasteiger partial charge in [-0.15, -0.1) is 0 Å². The van der Waals surface area contributed by atoms with E-state index >= 15 is 0 Å². The topological polar surface area (TPSA) is 78.1 Å². The van der Waals surface area contributed by atoms with Gasteiger partial charge >= 0.3 is 0 Å². The van der Waals surface area contributed by atoms with Crippen LogP contribution in [0.3, 0.4) is 0 Å². The number of ether oxygens (including phenoxy) is 3. The lowest BCUT2D eigenvalue weighted by molar-refractivity contribution is 0.106. The van der Waals surface area contributed by atoms with Crippen LogP contribution in [-0.4, -0.2) is 33.8 Å². The summed E-state index contributed by atoms with van der Waals surface area (Å²) in [6, 6.07) is 13.2. The molecule has 26 heavy (non-hydrogen) atoms. The molecule has 0 fully saturated rings. The number of benzene rings is 2. The van der Waals surface area contributed by atoms with Gasteiger partial charge in [-0.1, -0.05) is 29.8 Å². The molecule has 0 heterocycles. The van der Waals surface area contributed by atoms with Crippen LogP contribution in [0.2, 0.25) is 5.02 Å². The van der Waals surface area contributed by atoms with Crippen LogP contribution < -0.4 is 20.5 Å². The van der Waals surface area contributed by atoms with Gasteiger partial charge in [0.15, 0.2) is 17.5 Å². The minimum atomic E-state index is -0.177. The number of hydrogen-bond acceptors (Lipinski definition) is 4. The molecule has 0 saturated carbocycles. The Morgan fingerprint density at radius 3 is 2.54 bits per heavy atom. The van der Waals surface area contributed by atoms with E-state index < -0.39 is 0 Å². The highest BCUT2D eigenvalue weighted by molar-refractivity contribution is 6.30. The van der Waals surface area contributed by atoms with Gasteiger partial charge in [0.2, 0.25) is 0 Å². The zero-order chi connectivity index (χ0) is 18.9. The first-order valence-corrected chi connectivity index (χ1v) is 8.48.